The highest BCUT2D eigenvalue weighted by molar-refractivity contribution is 6.32. The fraction of sp³-hybridized carbons (Fsp3) is 0.294. The Kier molecular flexibility index (Phi) is 5.10. The molecule has 0 saturated heterocycles. The van der Waals surface area contributed by atoms with E-state index in [0.29, 0.717) is 10.8 Å². The summed E-state index contributed by atoms with van der Waals surface area (Å²) in [5, 5.41) is 10.9. The average Bonchev–Trinajstić information content (AvgIpc) is 2.46. The Morgan fingerprint density at radius 3 is 2.14 bits per heavy atom. The van der Waals surface area contributed by atoms with Crippen LogP contribution in [0.2, 0.25) is 5.02 Å². The smallest absolute Gasteiger partial charge is 0.137 e. The van der Waals surface area contributed by atoms with Crippen LogP contribution in [0.4, 0.5) is 0 Å². The Hall–Kier alpha value is -1.71. The van der Waals surface area contributed by atoms with Gasteiger partial charge in [0.25, 0.3) is 0 Å². The van der Waals surface area contributed by atoms with E-state index in [0.717, 1.165) is 16.9 Å². The minimum Gasteiger partial charge on any atom is -0.495 e. The monoisotopic (exact) mass is 306 g/mol. The van der Waals surface area contributed by atoms with E-state index in [-0.39, 0.29) is 6.10 Å². The molecule has 1 unspecified atom stereocenters. The molecule has 0 saturated carbocycles. The molecule has 0 aliphatic rings. The van der Waals surface area contributed by atoms with Crippen LogP contribution in [-0.2, 0) is 0 Å². The lowest BCUT2D eigenvalue weighted by atomic mass is 10.0. The van der Waals surface area contributed by atoms with Crippen molar-refractivity contribution in [2.24, 2.45) is 0 Å². The number of halogens is 1. The Balaban J connectivity index is 2.19. The highest BCUT2D eigenvalue weighted by Gasteiger charge is 2.13. The van der Waals surface area contributed by atoms with Crippen LogP contribution in [0.5, 0.6) is 11.5 Å². The molecule has 1 atom stereocenters. The third kappa shape index (κ3) is 3.90. The van der Waals surface area contributed by atoms with Crippen molar-refractivity contribution in [3.05, 3.63) is 58.6 Å². The molecule has 3 nitrogen and oxygen atoms in total. The molecule has 0 fully saturated rings. The molecule has 2 aromatic rings. The summed E-state index contributed by atoms with van der Waals surface area (Å²) in [6, 6.07) is 12.7. The summed E-state index contributed by atoms with van der Waals surface area (Å²) < 4.78 is 10.7. The summed E-state index contributed by atoms with van der Waals surface area (Å²) in [5.74, 6) is 1.38. The zero-order valence-electron chi connectivity index (χ0n) is 12.3. The van der Waals surface area contributed by atoms with E-state index in [4.69, 9.17) is 21.1 Å². The van der Waals surface area contributed by atoms with Gasteiger partial charge in [-0.05, 0) is 49.2 Å². The molecule has 21 heavy (non-hydrogen) atoms. The van der Waals surface area contributed by atoms with Gasteiger partial charge in [-0.1, -0.05) is 29.8 Å². The summed E-state index contributed by atoms with van der Waals surface area (Å²) in [6.07, 6.45) is -0.609. The third-order valence-corrected chi connectivity index (χ3v) is 3.35. The van der Waals surface area contributed by atoms with Gasteiger partial charge < -0.3 is 14.6 Å². The molecule has 0 spiro atoms. The maximum atomic E-state index is 10.4. The first kappa shape index (κ1) is 15.7. The number of methoxy groups -OCH3 is 1. The van der Waals surface area contributed by atoms with E-state index in [1.165, 1.54) is 0 Å². The molecule has 1 N–H and O–H groups in total. The van der Waals surface area contributed by atoms with Crippen LogP contribution >= 0.6 is 11.6 Å². The van der Waals surface area contributed by atoms with Crippen LogP contribution in [-0.4, -0.2) is 18.3 Å². The minimum atomic E-state index is -0.735. The lowest BCUT2D eigenvalue weighted by Gasteiger charge is -2.14. The predicted octanol–water partition coefficient (Wildman–Crippen LogP) is 4.22. The number of rotatable bonds is 5. The second-order valence-electron chi connectivity index (χ2n) is 5.03. The standard InChI is InChI=1S/C17H19ClO3/c1-11(2)21-14-7-4-12(5-8-14)17(19)13-6-9-16(20-3)15(18)10-13/h4-11,17,19H,1-3H3. The van der Waals surface area contributed by atoms with Gasteiger partial charge in [-0.25, -0.2) is 0 Å². The van der Waals surface area contributed by atoms with Gasteiger partial charge in [0.1, 0.15) is 17.6 Å². The van der Waals surface area contributed by atoms with E-state index < -0.39 is 6.10 Å². The Morgan fingerprint density at radius 1 is 1.00 bits per heavy atom. The van der Waals surface area contributed by atoms with E-state index in [2.05, 4.69) is 0 Å². The molecule has 0 aliphatic heterocycles. The van der Waals surface area contributed by atoms with E-state index in [1.807, 2.05) is 38.1 Å². The molecular formula is C17H19ClO3. The summed E-state index contributed by atoms with van der Waals surface area (Å²) in [7, 11) is 1.56. The van der Waals surface area contributed by atoms with E-state index in [1.54, 1.807) is 25.3 Å². The molecule has 0 aliphatic carbocycles. The summed E-state index contributed by atoms with van der Waals surface area (Å²) in [6.45, 7) is 3.95. The predicted molar refractivity (Wildman–Crippen MR) is 84.3 cm³/mol. The topological polar surface area (TPSA) is 38.7 Å². The SMILES string of the molecule is COc1ccc(C(O)c2ccc(OC(C)C)cc2)cc1Cl. The second kappa shape index (κ2) is 6.83. The number of hydrogen-bond donors (Lipinski definition) is 1. The fourth-order valence-electron chi connectivity index (χ4n) is 2.05. The molecule has 0 bridgehead atoms. The number of aliphatic hydroxyl groups excluding tert-OH is 1. The highest BCUT2D eigenvalue weighted by atomic mass is 35.5. The maximum absolute atomic E-state index is 10.4. The van der Waals surface area contributed by atoms with Gasteiger partial charge in [0.2, 0.25) is 0 Å². The lowest BCUT2D eigenvalue weighted by Crippen LogP contribution is -2.06. The molecule has 4 heteroatoms. The highest BCUT2D eigenvalue weighted by Crippen LogP contribution is 2.30. The first-order valence-electron chi connectivity index (χ1n) is 6.79. The average molecular weight is 307 g/mol. The summed E-state index contributed by atoms with van der Waals surface area (Å²) in [5.41, 5.74) is 1.51. The molecular weight excluding hydrogens is 288 g/mol. The first-order valence-corrected chi connectivity index (χ1v) is 7.17. The second-order valence-corrected chi connectivity index (χ2v) is 5.44. The Labute approximate surface area is 130 Å². The van der Waals surface area contributed by atoms with E-state index >= 15 is 0 Å². The fourth-order valence-corrected chi connectivity index (χ4v) is 2.31. The van der Waals surface area contributed by atoms with Crippen molar-refractivity contribution < 1.29 is 14.6 Å². The number of ether oxygens (including phenoxy) is 2. The van der Waals surface area contributed by atoms with Crippen LogP contribution in [0.15, 0.2) is 42.5 Å². The van der Waals surface area contributed by atoms with Crippen molar-refractivity contribution >= 4 is 11.6 Å². The maximum Gasteiger partial charge on any atom is 0.137 e. The normalized spacial score (nSPS) is 12.3. The zero-order valence-corrected chi connectivity index (χ0v) is 13.1. The van der Waals surface area contributed by atoms with Crippen molar-refractivity contribution in [1.82, 2.24) is 0 Å². The van der Waals surface area contributed by atoms with Gasteiger partial charge in [-0.3, -0.25) is 0 Å². The molecule has 112 valence electrons. The van der Waals surface area contributed by atoms with Gasteiger partial charge >= 0.3 is 0 Å². The first-order chi connectivity index (χ1) is 10.0. The largest absolute Gasteiger partial charge is 0.495 e. The summed E-state index contributed by atoms with van der Waals surface area (Å²) >= 11 is 6.09. The van der Waals surface area contributed by atoms with Crippen molar-refractivity contribution in [1.29, 1.82) is 0 Å². The minimum absolute atomic E-state index is 0.126. The molecule has 0 amide bonds. The van der Waals surface area contributed by atoms with Crippen molar-refractivity contribution in [3.8, 4) is 11.5 Å². The zero-order chi connectivity index (χ0) is 15.4. The molecule has 0 heterocycles. The van der Waals surface area contributed by atoms with Gasteiger partial charge in [0, 0.05) is 0 Å². The number of aliphatic hydroxyl groups is 1. The molecule has 2 rings (SSSR count). The molecule has 0 aromatic heterocycles. The van der Waals surface area contributed by atoms with Gasteiger partial charge in [-0.15, -0.1) is 0 Å². The van der Waals surface area contributed by atoms with Crippen LogP contribution in [0.25, 0.3) is 0 Å². The summed E-state index contributed by atoms with van der Waals surface area (Å²) in [4.78, 5) is 0. The van der Waals surface area contributed by atoms with Crippen LogP contribution < -0.4 is 9.47 Å². The Morgan fingerprint density at radius 2 is 1.62 bits per heavy atom. The number of benzene rings is 2. The van der Waals surface area contributed by atoms with E-state index in [9.17, 15) is 5.11 Å². The lowest BCUT2D eigenvalue weighted by molar-refractivity contribution is 0.219. The van der Waals surface area contributed by atoms with Gasteiger partial charge in [-0.2, -0.15) is 0 Å². The van der Waals surface area contributed by atoms with Crippen molar-refractivity contribution in [3.63, 3.8) is 0 Å². The van der Waals surface area contributed by atoms with Gasteiger partial charge in [0.05, 0.1) is 18.2 Å². The Bertz CT molecular complexity index is 593. The quantitative estimate of drug-likeness (QED) is 0.899. The van der Waals surface area contributed by atoms with Crippen LogP contribution in [0, 0.1) is 0 Å². The van der Waals surface area contributed by atoms with Crippen molar-refractivity contribution in [2.45, 2.75) is 26.1 Å². The van der Waals surface area contributed by atoms with Crippen molar-refractivity contribution in [2.75, 3.05) is 7.11 Å². The van der Waals surface area contributed by atoms with Crippen LogP contribution in [0.1, 0.15) is 31.1 Å². The third-order valence-electron chi connectivity index (χ3n) is 3.06. The molecule has 0 radical (unpaired) electrons. The molecule has 2 aromatic carbocycles. The number of hydrogen-bond acceptors (Lipinski definition) is 3. The van der Waals surface area contributed by atoms with Crippen LogP contribution in [0.3, 0.4) is 0 Å². The van der Waals surface area contributed by atoms with Gasteiger partial charge in [0.15, 0.2) is 0 Å².